The highest BCUT2D eigenvalue weighted by molar-refractivity contribution is 5.99. The summed E-state index contributed by atoms with van der Waals surface area (Å²) in [4.78, 5) is 0. The van der Waals surface area contributed by atoms with E-state index in [0.29, 0.717) is 17.8 Å². The van der Waals surface area contributed by atoms with Crippen molar-refractivity contribution in [3.63, 3.8) is 0 Å². The van der Waals surface area contributed by atoms with Gasteiger partial charge in [0.1, 0.15) is 0 Å². The van der Waals surface area contributed by atoms with Crippen molar-refractivity contribution >= 4 is 17.3 Å². The first-order chi connectivity index (χ1) is 28.2. The van der Waals surface area contributed by atoms with Crippen molar-refractivity contribution in [1.82, 2.24) is 0 Å². The molecule has 5 aromatic rings. The molecule has 300 valence electrons. The molecule has 0 radical (unpaired) electrons. The Labute approximate surface area is 355 Å². The van der Waals surface area contributed by atoms with Gasteiger partial charge in [0.25, 0.3) is 0 Å². The number of hydrogen-bond donors (Lipinski definition) is 1. The van der Waals surface area contributed by atoms with Crippen LogP contribution in [-0.2, 0) is 16.2 Å². The summed E-state index contributed by atoms with van der Waals surface area (Å²) in [5.74, 6) is 1.49. The maximum atomic E-state index is 3.87. The van der Waals surface area contributed by atoms with Crippen LogP contribution in [0.3, 0.4) is 0 Å². The Balaban J connectivity index is 1.34. The van der Waals surface area contributed by atoms with Gasteiger partial charge >= 0.3 is 0 Å². The molecule has 1 heteroatoms. The minimum absolute atomic E-state index is 0.0317. The number of aryl methyl sites for hydroxylation is 1. The Hall–Kier alpha value is -5.40. The average molecular weight is 774 g/mol. The van der Waals surface area contributed by atoms with Gasteiger partial charge in [-0.05, 0) is 163 Å². The van der Waals surface area contributed by atoms with Gasteiger partial charge in [-0.2, -0.15) is 0 Å². The molecule has 0 heterocycles. The molecule has 1 nitrogen and oxygen atoms in total. The van der Waals surface area contributed by atoms with E-state index < -0.39 is 0 Å². The third-order valence-electron chi connectivity index (χ3n) is 13.4. The molecule has 2 unspecified atom stereocenters. The first-order valence-electron chi connectivity index (χ1n) is 22.0. The summed E-state index contributed by atoms with van der Waals surface area (Å²) in [7, 11) is 0. The van der Waals surface area contributed by atoms with Crippen molar-refractivity contribution < 1.29 is 0 Å². The molecule has 59 heavy (non-hydrogen) atoms. The van der Waals surface area contributed by atoms with E-state index in [1.54, 1.807) is 0 Å². The lowest BCUT2D eigenvalue weighted by molar-refractivity contribution is 0.332. The molecule has 0 aromatic heterocycles. The summed E-state index contributed by atoms with van der Waals surface area (Å²) in [6.45, 7) is 21.3. The molecule has 8 rings (SSSR count). The highest BCUT2D eigenvalue weighted by atomic mass is 14.9. The fraction of sp³-hybridized carbons (Fsp3) is 0.310. The van der Waals surface area contributed by atoms with Crippen molar-refractivity contribution in [3.8, 4) is 22.3 Å². The Bertz CT molecular complexity index is 2430. The predicted molar refractivity (Wildman–Crippen MR) is 256 cm³/mol. The summed E-state index contributed by atoms with van der Waals surface area (Å²) >= 11 is 0. The molecule has 3 atom stereocenters. The Kier molecular flexibility index (Phi) is 10.9. The fourth-order valence-electron chi connectivity index (χ4n) is 9.71. The number of anilines is 1. The van der Waals surface area contributed by atoms with Crippen LogP contribution >= 0.6 is 0 Å². The molecule has 0 bridgehead atoms. The second kappa shape index (κ2) is 16.0. The summed E-state index contributed by atoms with van der Waals surface area (Å²) in [5, 5.41) is 3.87. The third kappa shape index (κ3) is 8.54. The summed E-state index contributed by atoms with van der Waals surface area (Å²) in [6, 6.07) is 41.3. The number of allylic oxidation sites excluding steroid dienone is 7. The Morgan fingerprint density at radius 3 is 1.93 bits per heavy atom. The summed E-state index contributed by atoms with van der Waals surface area (Å²) in [5.41, 5.74) is 17.9. The second-order valence-electron chi connectivity index (χ2n) is 19.9. The van der Waals surface area contributed by atoms with Gasteiger partial charge in [0.05, 0.1) is 0 Å². The SMILES string of the molecule is Cc1cc(NC2=C[C@H](C)C(C3C=CC=CC3)C=C2)cc(/C(=C/c2c(-c3ccccc3)cc(C(C)(C)C)cc2-c2ccccc2)c2ccc3c(c2)C(C)(C)CCC3(C)C)c1. The van der Waals surface area contributed by atoms with Crippen LogP contribution < -0.4 is 5.32 Å². The predicted octanol–water partition coefficient (Wildman–Crippen LogP) is 15.8. The van der Waals surface area contributed by atoms with Crippen molar-refractivity contribution in [2.75, 3.05) is 5.32 Å². The highest BCUT2D eigenvalue weighted by Gasteiger charge is 2.37. The number of rotatable bonds is 8. The van der Waals surface area contributed by atoms with Crippen LogP contribution in [0.1, 0.15) is 114 Å². The molecule has 1 N–H and O–H groups in total. The molecular weight excluding hydrogens is 711 g/mol. The van der Waals surface area contributed by atoms with Crippen molar-refractivity contribution in [2.24, 2.45) is 17.8 Å². The van der Waals surface area contributed by atoms with Crippen LogP contribution in [0.5, 0.6) is 0 Å². The lowest BCUT2D eigenvalue weighted by atomic mass is 9.63. The molecule has 5 aromatic carbocycles. The molecule has 0 fully saturated rings. The van der Waals surface area contributed by atoms with Gasteiger partial charge in [-0.1, -0.05) is 177 Å². The molecule has 0 saturated carbocycles. The zero-order valence-electron chi connectivity index (χ0n) is 36.9. The topological polar surface area (TPSA) is 12.0 Å². The third-order valence-corrected chi connectivity index (χ3v) is 13.4. The van der Waals surface area contributed by atoms with Gasteiger partial charge in [-0.15, -0.1) is 0 Å². The lowest BCUT2D eigenvalue weighted by Crippen LogP contribution is -2.33. The van der Waals surface area contributed by atoms with E-state index in [2.05, 4.69) is 225 Å². The maximum Gasteiger partial charge on any atom is 0.0393 e. The largest absolute Gasteiger partial charge is 0.356 e. The molecule has 0 saturated heterocycles. The van der Waals surface area contributed by atoms with Gasteiger partial charge in [0.2, 0.25) is 0 Å². The zero-order valence-corrected chi connectivity index (χ0v) is 36.9. The van der Waals surface area contributed by atoms with E-state index in [1.165, 1.54) is 85.3 Å². The number of fused-ring (bicyclic) bond motifs is 1. The van der Waals surface area contributed by atoms with Crippen molar-refractivity contribution in [1.29, 1.82) is 0 Å². The van der Waals surface area contributed by atoms with E-state index >= 15 is 0 Å². The number of benzene rings is 5. The monoisotopic (exact) mass is 773 g/mol. The van der Waals surface area contributed by atoms with Gasteiger partial charge in [-0.25, -0.2) is 0 Å². The minimum atomic E-state index is -0.0317. The van der Waals surface area contributed by atoms with Crippen LogP contribution in [0.4, 0.5) is 5.69 Å². The number of hydrogen-bond acceptors (Lipinski definition) is 1. The Morgan fingerprint density at radius 2 is 1.34 bits per heavy atom. The van der Waals surface area contributed by atoms with Gasteiger partial charge in [0.15, 0.2) is 0 Å². The van der Waals surface area contributed by atoms with Crippen LogP contribution in [0.25, 0.3) is 33.9 Å². The molecule has 0 spiro atoms. The van der Waals surface area contributed by atoms with E-state index in [0.717, 1.165) is 12.1 Å². The first kappa shape index (κ1) is 40.4. The van der Waals surface area contributed by atoms with Crippen LogP contribution in [-0.4, -0.2) is 0 Å². The first-order valence-corrected chi connectivity index (χ1v) is 22.0. The standard InChI is InChI=1S/C58H63N/c1-39-31-45(34-48(32-39)59-47-26-27-49(40(2)33-47)41-19-13-10-14-20-41)50(44-25-28-54-55(35-44)58(8,9)30-29-57(54,6)7)38-53-51(42-21-15-11-16-22-42)36-46(56(3,4)5)37-52(53)43-23-17-12-18-24-43/h10-19,21-28,31-38,40-41,49,59H,20,29-30H2,1-9H3/b50-38+/t40-,41?,49?/m0/s1. The Morgan fingerprint density at radius 1 is 0.695 bits per heavy atom. The fourth-order valence-corrected chi connectivity index (χ4v) is 9.71. The quantitative estimate of drug-likeness (QED) is 0.155. The normalized spacial score (nSPS) is 20.9. The number of nitrogens with one attached hydrogen (secondary N) is 1. The van der Waals surface area contributed by atoms with Crippen molar-refractivity contribution in [3.05, 3.63) is 196 Å². The average Bonchev–Trinajstić information content (AvgIpc) is 3.22. The van der Waals surface area contributed by atoms with E-state index in [9.17, 15) is 0 Å². The second-order valence-corrected chi connectivity index (χ2v) is 19.9. The lowest BCUT2D eigenvalue weighted by Gasteiger charge is -2.42. The minimum Gasteiger partial charge on any atom is -0.356 e. The van der Waals surface area contributed by atoms with E-state index in [1.807, 2.05) is 0 Å². The molecular formula is C58H63N. The smallest absolute Gasteiger partial charge is 0.0393 e. The molecule has 3 aliphatic carbocycles. The summed E-state index contributed by atoms with van der Waals surface area (Å²) in [6.07, 6.45) is 22.2. The van der Waals surface area contributed by atoms with Crippen molar-refractivity contribution in [2.45, 2.75) is 97.8 Å². The van der Waals surface area contributed by atoms with Gasteiger partial charge < -0.3 is 5.32 Å². The van der Waals surface area contributed by atoms with Crippen LogP contribution in [0.2, 0.25) is 0 Å². The maximum absolute atomic E-state index is 3.87. The highest BCUT2D eigenvalue weighted by Crippen LogP contribution is 2.48. The van der Waals surface area contributed by atoms with Gasteiger partial charge in [0, 0.05) is 11.4 Å². The van der Waals surface area contributed by atoms with Crippen LogP contribution in [0.15, 0.2) is 157 Å². The van der Waals surface area contributed by atoms with Gasteiger partial charge in [-0.3, -0.25) is 0 Å². The van der Waals surface area contributed by atoms with E-state index in [-0.39, 0.29) is 16.2 Å². The van der Waals surface area contributed by atoms with E-state index in [4.69, 9.17) is 0 Å². The van der Waals surface area contributed by atoms with Crippen LogP contribution in [0, 0.1) is 24.7 Å². The molecule has 0 aliphatic heterocycles. The molecule has 0 amide bonds. The zero-order chi connectivity index (χ0) is 41.5. The molecule has 3 aliphatic rings. The summed E-state index contributed by atoms with van der Waals surface area (Å²) < 4.78 is 0.